The Morgan fingerprint density at radius 2 is 1.88 bits per heavy atom. The summed E-state index contributed by atoms with van der Waals surface area (Å²) in [6.45, 7) is 4.27. The minimum atomic E-state index is -0.367. The first-order valence-corrected chi connectivity index (χ1v) is 8.88. The zero-order valence-corrected chi connectivity index (χ0v) is 15.4. The van der Waals surface area contributed by atoms with Gasteiger partial charge in [-0.25, -0.2) is 4.79 Å². The van der Waals surface area contributed by atoms with Crippen LogP contribution in [0, 0.1) is 11.3 Å². The number of nitrogens with zero attached hydrogens (tertiary/aromatic N) is 1. The number of hydrogen-bond donors (Lipinski definition) is 1. The summed E-state index contributed by atoms with van der Waals surface area (Å²) in [6, 6.07) is 7.53. The number of benzene rings is 1. The second-order valence-corrected chi connectivity index (χ2v) is 7.33. The van der Waals surface area contributed by atoms with Crippen LogP contribution in [-0.4, -0.2) is 23.6 Å². The Hall–Kier alpha value is -2.30. The smallest absolute Gasteiger partial charge is 0.354 e. The van der Waals surface area contributed by atoms with Gasteiger partial charge in [-0.1, -0.05) is 26.7 Å². The number of nitrogens with one attached hydrogen (secondary N) is 1. The molecule has 1 heterocycles. The topological polar surface area (TPSA) is 60.3 Å². The lowest BCUT2D eigenvalue weighted by Gasteiger charge is -2.31. The zero-order chi connectivity index (χ0) is 18.2. The Morgan fingerprint density at radius 3 is 2.48 bits per heavy atom. The number of fused-ring (bicyclic) bond motifs is 1. The first-order valence-electron chi connectivity index (χ1n) is 8.88. The molecule has 25 heavy (non-hydrogen) atoms. The van der Waals surface area contributed by atoms with Crippen LogP contribution in [0.5, 0.6) is 0 Å². The highest BCUT2D eigenvalue weighted by Crippen LogP contribution is 2.45. The molecule has 2 aromatic rings. The fourth-order valence-corrected chi connectivity index (χ4v) is 4.06. The summed E-state index contributed by atoms with van der Waals surface area (Å²) >= 11 is 0. The van der Waals surface area contributed by atoms with Gasteiger partial charge in [-0.05, 0) is 43.0 Å². The molecule has 1 saturated carbocycles. The Labute approximate surface area is 148 Å². The summed E-state index contributed by atoms with van der Waals surface area (Å²) in [7, 11) is 3.21. The van der Waals surface area contributed by atoms with Crippen LogP contribution in [0.25, 0.3) is 10.9 Å². The van der Waals surface area contributed by atoms with E-state index in [2.05, 4.69) is 19.2 Å². The number of methoxy groups -OCH3 is 1. The predicted octanol–water partition coefficient (Wildman–Crippen LogP) is 4.12. The fraction of sp³-hybridized carbons (Fsp3) is 0.500. The van der Waals surface area contributed by atoms with E-state index in [1.807, 2.05) is 25.2 Å². The zero-order valence-electron chi connectivity index (χ0n) is 15.4. The van der Waals surface area contributed by atoms with E-state index in [0.29, 0.717) is 11.6 Å². The molecule has 1 amide bonds. The monoisotopic (exact) mass is 342 g/mol. The van der Waals surface area contributed by atoms with Gasteiger partial charge < -0.3 is 14.6 Å². The Bertz CT molecular complexity index is 814. The van der Waals surface area contributed by atoms with Crippen molar-refractivity contribution in [2.75, 3.05) is 12.4 Å². The molecule has 1 fully saturated rings. The second kappa shape index (κ2) is 6.54. The lowest BCUT2D eigenvalue weighted by atomic mass is 9.75. The van der Waals surface area contributed by atoms with E-state index in [1.54, 1.807) is 10.6 Å². The molecule has 0 unspecified atom stereocenters. The van der Waals surface area contributed by atoms with Crippen LogP contribution in [0.1, 0.15) is 50.0 Å². The van der Waals surface area contributed by atoms with Crippen LogP contribution in [0.2, 0.25) is 0 Å². The third kappa shape index (κ3) is 2.92. The van der Waals surface area contributed by atoms with Crippen molar-refractivity contribution >= 4 is 28.5 Å². The molecule has 0 atom stereocenters. The summed E-state index contributed by atoms with van der Waals surface area (Å²) in [5.41, 5.74) is 1.93. The van der Waals surface area contributed by atoms with Gasteiger partial charge in [0, 0.05) is 23.6 Å². The first-order chi connectivity index (χ1) is 11.9. The van der Waals surface area contributed by atoms with Gasteiger partial charge in [0.25, 0.3) is 0 Å². The Morgan fingerprint density at radius 1 is 1.20 bits per heavy atom. The number of ether oxygens (including phenoxy) is 1. The molecule has 0 spiro atoms. The number of anilines is 1. The van der Waals surface area contributed by atoms with Crippen molar-refractivity contribution in [2.45, 2.75) is 39.5 Å². The quantitative estimate of drug-likeness (QED) is 0.850. The summed E-state index contributed by atoms with van der Waals surface area (Å²) in [6.07, 6.45) is 4.14. The third-order valence-electron chi connectivity index (χ3n) is 5.75. The molecular weight excluding hydrogens is 316 g/mol. The number of hydrogen-bond acceptors (Lipinski definition) is 3. The van der Waals surface area contributed by atoms with Gasteiger partial charge in [-0.3, -0.25) is 4.79 Å². The molecule has 1 aliphatic rings. The van der Waals surface area contributed by atoms with Crippen LogP contribution in [0.15, 0.2) is 24.3 Å². The van der Waals surface area contributed by atoms with Crippen LogP contribution in [0.3, 0.4) is 0 Å². The molecular formula is C20H26N2O3. The molecule has 1 N–H and O–H groups in total. The van der Waals surface area contributed by atoms with Crippen LogP contribution in [0.4, 0.5) is 5.69 Å². The van der Waals surface area contributed by atoms with Crippen molar-refractivity contribution in [3.05, 3.63) is 30.0 Å². The molecule has 0 bridgehead atoms. The number of esters is 1. The minimum Gasteiger partial charge on any atom is -0.464 e. The maximum absolute atomic E-state index is 13.0. The maximum atomic E-state index is 13.0. The van der Waals surface area contributed by atoms with E-state index in [4.69, 9.17) is 4.74 Å². The molecule has 134 valence electrons. The minimum absolute atomic E-state index is 0.114. The van der Waals surface area contributed by atoms with Crippen LogP contribution >= 0.6 is 0 Å². The van der Waals surface area contributed by atoms with Crippen molar-refractivity contribution in [2.24, 2.45) is 18.4 Å². The van der Waals surface area contributed by atoms with Crippen molar-refractivity contribution in [3.8, 4) is 0 Å². The predicted molar refractivity (Wildman–Crippen MR) is 98.6 cm³/mol. The summed E-state index contributed by atoms with van der Waals surface area (Å²) in [4.78, 5) is 24.8. The van der Waals surface area contributed by atoms with Gasteiger partial charge in [0.15, 0.2) is 0 Å². The van der Waals surface area contributed by atoms with E-state index in [1.165, 1.54) is 7.11 Å². The molecule has 1 aliphatic carbocycles. The lowest BCUT2D eigenvalue weighted by Crippen LogP contribution is -2.38. The standard InChI is InChI=1S/C20H26N2O3/c1-13(2)20(9-5-6-10-20)19(24)21-15-7-8-16-14(11-15)12-17(22(16)3)18(23)25-4/h7-8,11-13H,5-6,9-10H2,1-4H3,(H,21,24). The molecule has 3 rings (SSSR count). The SMILES string of the molecule is COC(=O)c1cc2cc(NC(=O)C3(C(C)C)CCCC3)ccc2n1C. The number of aryl methyl sites for hydroxylation is 1. The van der Waals surface area contributed by atoms with Crippen molar-refractivity contribution in [1.82, 2.24) is 4.57 Å². The lowest BCUT2D eigenvalue weighted by molar-refractivity contribution is -0.127. The first kappa shape index (κ1) is 17.5. The normalized spacial score (nSPS) is 16.4. The Kier molecular flexibility index (Phi) is 4.58. The average molecular weight is 342 g/mol. The van der Waals surface area contributed by atoms with Gasteiger partial charge in [0.05, 0.1) is 12.5 Å². The summed E-state index contributed by atoms with van der Waals surface area (Å²) in [5.74, 6) is 0.0684. The maximum Gasteiger partial charge on any atom is 0.354 e. The molecule has 0 aliphatic heterocycles. The van der Waals surface area contributed by atoms with E-state index in [9.17, 15) is 9.59 Å². The molecule has 5 heteroatoms. The molecule has 5 nitrogen and oxygen atoms in total. The average Bonchev–Trinajstić information content (AvgIpc) is 3.20. The van der Waals surface area contributed by atoms with E-state index >= 15 is 0 Å². The largest absolute Gasteiger partial charge is 0.464 e. The second-order valence-electron chi connectivity index (χ2n) is 7.33. The number of carbonyl (C=O) groups excluding carboxylic acids is 2. The number of amides is 1. The highest BCUT2D eigenvalue weighted by Gasteiger charge is 2.43. The third-order valence-corrected chi connectivity index (χ3v) is 5.75. The molecule has 0 radical (unpaired) electrons. The number of rotatable bonds is 4. The van der Waals surface area contributed by atoms with Gasteiger partial charge in [-0.15, -0.1) is 0 Å². The fourth-order valence-electron chi connectivity index (χ4n) is 4.06. The number of carbonyl (C=O) groups is 2. The highest BCUT2D eigenvalue weighted by atomic mass is 16.5. The van der Waals surface area contributed by atoms with Gasteiger partial charge in [0.2, 0.25) is 5.91 Å². The summed E-state index contributed by atoms with van der Waals surface area (Å²) < 4.78 is 6.62. The van der Waals surface area contributed by atoms with Crippen molar-refractivity contribution < 1.29 is 14.3 Å². The van der Waals surface area contributed by atoms with Crippen LogP contribution < -0.4 is 5.32 Å². The molecule has 0 saturated heterocycles. The van der Waals surface area contributed by atoms with Gasteiger partial charge >= 0.3 is 5.97 Å². The highest BCUT2D eigenvalue weighted by molar-refractivity contribution is 6.00. The van der Waals surface area contributed by atoms with E-state index in [-0.39, 0.29) is 17.3 Å². The Balaban J connectivity index is 1.89. The summed E-state index contributed by atoms with van der Waals surface area (Å²) in [5, 5.41) is 4.01. The molecule has 1 aromatic heterocycles. The van der Waals surface area contributed by atoms with E-state index < -0.39 is 0 Å². The van der Waals surface area contributed by atoms with Crippen molar-refractivity contribution in [3.63, 3.8) is 0 Å². The number of aromatic nitrogens is 1. The van der Waals surface area contributed by atoms with Gasteiger partial charge in [-0.2, -0.15) is 0 Å². The molecule has 1 aromatic carbocycles. The van der Waals surface area contributed by atoms with E-state index in [0.717, 1.165) is 42.3 Å². The van der Waals surface area contributed by atoms with Gasteiger partial charge in [0.1, 0.15) is 5.69 Å². The van der Waals surface area contributed by atoms with Crippen LogP contribution in [-0.2, 0) is 16.6 Å². The van der Waals surface area contributed by atoms with Crippen molar-refractivity contribution in [1.29, 1.82) is 0 Å².